The first-order valence-electron chi connectivity index (χ1n) is 13.4. The zero-order valence-electron chi connectivity index (χ0n) is 21.9. The minimum atomic E-state index is -0.154. The van der Waals surface area contributed by atoms with E-state index in [9.17, 15) is 4.79 Å². The summed E-state index contributed by atoms with van der Waals surface area (Å²) in [5.74, 6) is 1.48. The Hall–Kier alpha value is -4.64. The van der Waals surface area contributed by atoms with Crippen molar-refractivity contribution in [1.82, 2.24) is 9.97 Å². The summed E-state index contributed by atoms with van der Waals surface area (Å²) in [6.07, 6.45) is 3.02. The van der Waals surface area contributed by atoms with Crippen LogP contribution in [0.15, 0.2) is 115 Å². The molecule has 5 nitrogen and oxygen atoms in total. The van der Waals surface area contributed by atoms with E-state index in [4.69, 9.17) is 14.5 Å². The monoisotopic (exact) mass is 516 g/mol. The van der Waals surface area contributed by atoms with Crippen LogP contribution in [-0.2, 0) is 16.1 Å². The van der Waals surface area contributed by atoms with Crippen LogP contribution < -0.4 is 4.74 Å². The minimum Gasteiger partial charge on any atom is -0.494 e. The molecule has 0 spiro atoms. The van der Waals surface area contributed by atoms with E-state index in [1.807, 2.05) is 91.0 Å². The van der Waals surface area contributed by atoms with Crippen LogP contribution in [0.3, 0.4) is 0 Å². The Labute approximate surface area is 229 Å². The van der Waals surface area contributed by atoms with Crippen LogP contribution in [0.2, 0.25) is 0 Å². The number of ether oxygens (including phenoxy) is 2. The van der Waals surface area contributed by atoms with Crippen molar-refractivity contribution in [2.24, 2.45) is 0 Å². The molecule has 5 rings (SSSR count). The molecule has 1 aromatic heterocycles. The lowest BCUT2D eigenvalue weighted by Crippen LogP contribution is -2.05. The van der Waals surface area contributed by atoms with Crippen molar-refractivity contribution >= 4 is 5.97 Å². The lowest BCUT2D eigenvalue weighted by atomic mass is 10.1. The lowest BCUT2D eigenvalue weighted by molar-refractivity contribution is -0.145. The summed E-state index contributed by atoms with van der Waals surface area (Å²) in [4.78, 5) is 20.4. The van der Waals surface area contributed by atoms with Crippen molar-refractivity contribution < 1.29 is 14.3 Å². The van der Waals surface area contributed by atoms with Crippen LogP contribution in [0.4, 0.5) is 0 Å². The molecular weight excluding hydrogens is 484 g/mol. The van der Waals surface area contributed by atoms with E-state index in [1.54, 1.807) is 0 Å². The Morgan fingerprint density at radius 1 is 0.667 bits per heavy atom. The van der Waals surface area contributed by atoms with Crippen LogP contribution in [0.1, 0.15) is 31.2 Å². The number of aromatic amines is 1. The van der Waals surface area contributed by atoms with Crippen molar-refractivity contribution in [3.05, 3.63) is 121 Å². The van der Waals surface area contributed by atoms with E-state index in [0.29, 0.717) is 19.6 Å². The van der Waals surface area contributed by atoms with Crippen molar-refractivity contribution in [3.63, 3.8) is 0 Å². The Balaban J connectivity index is 1.11. The average Bonchev–Trinajstić information content (AvgIpc) is 3.45. The summed E-state index contributed by atoms with van der Waals surface area (Å²) in [5, 5.41) is 0. The number of carbonyl (C=O) groups excluding carboxylic acids is 1. The van der Waals surface area contributed by atoms with Crippen LogP contribution >= 0.6 is 0 Å². The van der Waals surface area contributed by atoms with Gasteiger partial charge < -0.3 is 14.5 Å². The van der Waals surface area contributed by atoms with Crippen molar-refractivity contribution in [2.75, 3.05) is 6.61 Å². The molecule has 1 N–H and O–H groups in total. The van der Waals surface area contributed by atoms with Gasteiger partial charge in [-0.1, -0.05) is 91.0 Å². The third kappa shape index (κ3) is 7.23. The summed E-state index contributed by atoms with van der Waals surface area (Å²) >= 11 is 0. The highest BCUT2D eigenvalue weighted by atomic mass is 16.5. The topological polar surface area (TPSA) is 64.2 Å². The lowest BCUT2D eigenvalue weighted by Gasteiger charge is -2.07. The van der Waals surface area contributed by atoms with E-state index >= 15 is 0 Å². The maximum Gasteiger partial charge on any atom is 0.306 e. The molecule has 1 heterocycles. The second kappa shape index (κ2) is 13.2. The first-order valence-corrected chi connectivity index (χ1v) is 13.4. The number of benzene rings is 4. The Morgan fingerprint density at radius 2 is 1.31 bits per heavy atom. The van der Waals surface area contributed by atoms with Gasteiger partial charge in [0, 0.05) is 23.1 Å². The summed E-state index contributed by atoms with van der Waals surface area (Å²) in [5.41, 5.74) is 6.10. The molecule has 0 aliphatic rings. The van der Waals surface area contributed by atoms with Gasteiger partial charge in [-0.15, -0.1) is 0 Å². The fraction of sp³-hybridized carbons (Fsp3) is 0.176. The zero-order valence-corrected chi connectivity index (χ0v) is 21.9. The third-order valence-corrected chi connectivity index (χ3v) is 6.48. The molecule has 5 heteroatoms. The third-order valence-electron chi connectivity index (χ3n) is 6.48. The molecule has 0 fully saturated rings. The molecule has 0 bridgehead atoms. The summed E-state index contributed by atoms with van der Waals surface area (Å²) in [6.45, 7) is 0.938. The summed E-state index contributed by atoms with van der Waals surface area (Å²) in [7, 11) is 0. The molecule has 0 atom stereocenters. The van der Waals surface area contributed by atoms with Gasteiger partial charge in [0.1, 0.15) is 18.2 Å². The Bertz CT molecular complexity index is 1390. The predicted molar refractivity (Wildman–Crippen MR) is 155 cm³/mol. The van der Waals surface area contributed by atoms with Gasteiger partial charge in [0.15, 0.2) is 0 Å². The first kappa shape index (κ1) is 26.0. The van der Waals surface area contributed by atoms with E-state index < -0.39 is 0 Å². The second-order valence-corrected chi connectivity index (χ2v) is 9.37. The van der Waals surface area contributed by atoms with E-state index in [0.717, 1.165) is 64.5 Å². The Morgan fingerprint density at radius 3 is 2.00 bits per heavy atom. The number of carbonyl (C=O) groups is 1. The fourth-order valence-electron chi connectivity index (χ4n) is 4.39. The summed E-state index contributed by atoms with van der Waals surface area (Å²) < 4.78 is 11.3. The number of unbranched alkanes of at least 4 members (excludes halogenated alkanes) is 2. The number of esters is 1. The molecule has 4 aromatic carbocycles. The summed E-state index contributed by atoms with van der Waals surface area (Å²) in [6, 6.07) is 38.3. The number of hydrogen-bond acceptors (Lipinski definition) is 4. The van der Waals surface area contributed by atoms with Crippen LogP contribution in [0.5, 0.6) is 5.75 Å². The average molecular weight is 517 g/mol. The SMILES string of the molecule is O=C(CCCCCOc1ccc(-c2nc(-c3ccccc3)c(-c3ccccc3)[nH]2)cc1)OCc1ccccc1. The fourth-order valence-corrected chi connectivity index (χ4v) is 4.39. The molecule has 0 unspecified atom stereocenters. The van der Waals surface area contributed by atoms with Gasteiger partial charge in [0.25, 0.3) is 0 Å². The van der Waals surface area contributed by atoms with Gasteiger partial charge in [0.2, 0.25) is 0 Å². The number of nitrogens with one attached hydrogen (secondary N) is 1. The molecule has 0 amide bonds. The molecule has 0 saturated heterocycles. The van der Waals surface area contributed by atoms with Crippen molar-refractivity contribution in [1.29, 1.82) is 0 Å². The highest BCUT2D eigenvalue weighted by Gasteiger charge is 2.15. The highest BCUT2D eigenvalue weighted by Crippen LogP contribution is 2.33. The maximum absolute atomic E-state index is 11.9. The number of imidazole rings is 1. The molecule has 0 saturated carbocycles. The van der Waals surface area contributed by atoms with E-state index in [2.05, 4.69) is 29.2 Å². The number of H-pyrrole nitrogens is 1. The molecule has 39 heavy (non-hydrogen) atoms. The number of nitrogens with zero attached hydrogens (tertiary/aromatic N) is 1. The predicted octanol–water partition coefficient (Wildman–Crippen LogP) is 8.09. The van der Waals surface area contributed by atoms with Gasteiger partial charge in [-0.25, -0.2) is 4.98 Å². The zero-order chi connectivity index (χ0) is 26.7. The second-order valence-electron chi connectivity index (χ2n) is 9.37. The molecule has 196 valence electrons. The molecule has 5 aromatic rings. The molecule has 0 aliphatic heterocycles. The van der Waals surface area contributed by atoms with Gasteiger partial charge in [-0.3, -0.25) is 4.79 Å². The van der Waals surface area contributed by atoms with Crippen molar-refractivity contribution in [2.45, 2.75) is 32.3 Å². The largest absolute Gasteiger partial charge is 0.494 e. The maximum atomic E-state index is 11.9. The standard InChI is InChI=1S/C34H32N2O3/c37-31(39-25-26-13-5-1-6-14-26)19-11-4-12-24-38-30-22-20-29(21-23-30)34-35-32(27-15-7-2-8-16-27)33(36-34)28-17-9-3-10-18-28/h1-3,5-10,13-18,20-23H,4,11-12,19,24-25H2,(H,35,36). The van der Waals surface area contributed by atoms with Gasteiger partial charge >= 0.3 is 5.97 Å². The highest BCUT2D eigenvalue weighted by molar-refractivity contribution is 5.81. The van der Waals surface area contributed by atoms with Crippen LogP contribution in [-0.4, -0.2) is 22.5 Å². The number of rotatable bonds is 12. The minimum absolute atomic E-state index is 0.154. The number of hydrogen-bond donors (Lipinski definition) is 1. The normalized spacial score (nSPS) is 10.8. The van der Waals surface area contributed by atoms with E-state index in [-0.39, 0.29) is 5.97 Å². The van der Waals surface area contributed by atoms with Gasteiger partial charge in [0.05, 0.1) is 18.0 Å². The first-order chi connectivity index (χ1) is 19.3. The Kier molecular flexibility index (Phi) is 8.82. The van der Waals surface area contributed by atoms with Crippen molar-refractivity contribution in [3.8, 4) is 39.7 Å². The van der Waals surface area contributed by atoms with Crippen LogP contribution in [0, 0.1) is 0 Å². The molecular formula is C34H32N2O3. The smallest absolute Gasteiger partial charge is 0.306 e. The quantitative estimate of drug-likeness (QED) is 0.134. The van der Waals surface area contributed by atoms with Crippen LogP contribution in [0.25, 0.3) is 33.9 Å². The van der Waals surface area contributed by atoms with Gasteiger partial charge in [-0.2, -0.15) is 0 Å². The van der Waals surface area contributed by atoms with Gasteiger partial charge in [-0.05, 0) is 49.1 Å². The molecule has 0 aliphatic carbocycles. The number of aromatic nitrogens is 2. The molecule has 0 radical (unpaired) electrons. The van der Waals surface area contributed by atoms with E-state index in [1.165, 1.54) is 0 Å².